The summed E-state index contributed by atoms with van der Waals surface area (Å²) in [5, 5.41) is 3.82. The third-order valence-electron chi connectivity index (χ3n) is 7.64. The number of hydrogen-bond acceptors (Lipinski definition) is 2. The molecule has 0 amide bonds. The molecule has 0 aliphatic rings. The Labute approximate surface area is 249 Å². The van der Waals surface area contributed by atoms with E-state index in [1.807, 2.05) is 13.8 Å². The molecule has 4 heteroatoms. The van der Waals surface area contributed by atoms with Crippen LogP contribution in [0.3, 0.4) is 0 Å². The standard InChI is InChI=1S/C36H49ClO2P/c1-6-38-36(39-7-2)28-15-13-11-9-8-10-12-14-23-32-24-20-27-35(31(32)5)40(37,33-25-18-16-21-29(33)3)34-26-19-17-22-30(34)4/h8,10,16-22,24-27,36H,6-7,9,11-15,23,28H2,1-5H3/q+1/b10-8-. The van der Waals surface area contributed by atoms with Crippen molar-refractivity contribution < 1.29 is 9.47 Å². The molecule has 0 spiro atoms. The first-order valence-corrected chi connectivity index (χ1v) is 17.8. The number of rotatable bonds is 17. The summed E-state index contributed by atoms with van der Waals surface area (Å²) in [6, 6.07) is 24.1. The van der Waals surface area contributed by atoms with Crippen LogP contribution in [0, 0.1) is 20.8 Å². The van der Waals surface area contributed by atoms with Gasteiger partial charge < -0.3 is 9.47 Å². The highest BCUT2D eigenvalue weighted by atomic mass is 35.7. The first-order chi connectivity index (χ1) is 19.4. The minimum atomic E-state index is -2.30. The maximum absolute atomic E-state index is 7.89. The molecule has 0 aliphatic carbocycles. The normalized spacial score (nSPS) is 12.1. The van der Waals surface area contributed by atoms with Crippen LogP contribution in [0.25, 0.3) is 0 Å². The molecule has 0 unspecified atom stereocenters. The average molecular weight is 580 g/mol. The van der Waals surface area contributed by atoms with Crippen molar-refractivity contribution in [2.75, 3.05) is 13.2 Å². The zero-order valence-electron chi connectivity index (χ0n) is 25.3. The van der Waals surface area contributed by atoms with Crippen LogP contribution in [0.4, 0.5) is 0 Å². The van der Waals surface area contributed by atoms with Gasteiger partial charge in [0.05, 0.1) is 0 Å². The van der Waals surface area contributed by atoms with Gasteiger partial charge in [-0.15, -0.1) is 0 Å². The predicted octanol–water partition coefficient (Wildman–Crippen LogP) is 9.29. The fraction of sp³-hybridized carbons (Fsp3) is 0.444. The first kappa shape index (κ1) is 32.6. The van der Waals surface area contributed by atoms with Crippen LogP contribution in [0.15, 0.2) is 78.9 Å². The molecule has 216 valence electrons. The maximum atomic E-state index is 7.89. The predicted molar refractivity (Wildman–Crippen MR) is 177 cm³/mol. The third-order valence-corrected chi connectivity index (χ3v) is 12.8. The summed E-state index contributed by atoms with van der Waals surface area (Å²) in [7, 11) is 0. The second-order valence-corrected chi connectivity index (χ2v) is 14.7. The monoisotopic (exact) mass is 579 g/mol. The molecule has 0 fully saturated rings. The van der Waals surface area contributed by atoms with Crippen molar-refractivity contribution in [3.05, 3.63) is 101 Å². The van der Waals surface area contributed by atoms with Crippen LogP contribution in [-0.2, 0) is 15.9 Å². The maximum Gasteiger partial charge on any atom is 0.211 e. The van der Waals surface area contributed by atoms with E-state index in [1.54, 1.807) is 0 Å². The van der Waals surface area contributed by atoms with Crippen molar-refractivity contribution in [3.63, 3.8) is 0 Å². The Balaban J connectivity index is 1.61. The zero-order chi connectivity index (χ0) is 28.8. The molecule has 0 N–H and O–H groups in total. The van der Waals surface area contributed by atoms with E-state index >= 15 is 0 Å². The van der Waals surface area contributed by atoms with E-state index in [2.05, 4.69) is 99.7 Å². The van der Waals surface area contributed by atoms with Crippen molar-refractivity contribution in [3.8, 4) is 0 Å². The van der Waals surface area contributed by atoms with Gasteiger partial charge in [-0.2, -0.15) is 0 Å². The van der Waals surface area contributed by atoms with Gasteiger partial charge in [0.25, 0.3) is 0 Å². The lowest BCUT2D eigenvalue weighted by atomic mass is 10.0. The van der Waals surface area contributed by atoms with Crippen LogP contribution < -0.4 is 15.9 Å². The van der Waals surface area contributed by atoms with E-state index in [0.29, 0.717) is 13.2 Å². The molecule has 0 saturated heterocycles. The molecule has 0 atom stereocenters. The summed E-state index contributed by atoms with van der Waals surface area (Å²) in [6.45, 7) is 9.83. The number of hydrogen-bond donors (Lipinski definition) is 0. The van der Waals surface area contributed by atoms with Crippen LogP contribution in [0.1, 0.15) is 81.0 Å². The molecule has 0 radical (unpaired) electrons. The van der Waals surface area contributed by atoms with Crippen molar-refractivity contribution in [2.24, 2.45) is 0 Å². The molecule has 3 rings (SSSR count). The summed E-state index contributed by atoms with van der Waals surface area (Å²) in [6.07, 6.45) is 13.7. The van der Waals surface area contributed by atoms with Gasteiger partial charge in [-0.25, -0.2) is 0 Å². The molecule has 3 aromatic rings. The smallest absolute Gasteiger partial charge is 0.211 e. The van der Waals surface area contributed by atoms with Crippen molar-refractivity contribution in [2.45, 2.75) is 92.3 Å². The zero-order valence-corrected chi connectivity index (χ0v) is 26.9. The van der Waals surface area contributed by atoms with Gasteiger partial charge in [0.2, 0.25) is 6.62 Å². The van der Waals surface area contributed by atoms with Crippen molar-refractivity contribution >= 4 is 33.8 Å². The number of ether oxygens (including phenoxy) is 2. The van der Waals surface area contributed by atoms with Crippen LogP contribution in [-0.4, -0.2) is 19.5 Å². The van der Waals surface area contributed by atoms with Gasteiger partial charge in [0.1, 0.15) is 27.2 Å². The number of halogens is 1. The quantitative estimate of drug-likeness (QED) is 0.0686. The fourth-order valence-electron chi connectivity index (χ4n) is 5.46. The molecule has 3 aromatic carbocycles. The van der Waals surface area contributed by atoms with E-state index in [4.69, 9.17) is 20.7 Å². The average Bonchev–Trinajstić information content (AvgIpc) is 2.95. The van der Waals surface area contributed by atoms with E-state index in [-0.39, 0.29) is 6.29 Å². The lowest BCUT2D eigenvalue weighted by molar-refractivity contribution is -0.140. The molecule has 2 nitrogen and oxygen atoms in total. The Morgan fingerprint density at radius 3 is 1.80 bits per heavy atom. The molecule has 0 bridgehead atoms. The summed E-state index contributed by atoms with van der Waals surface area (Å²) in [4.78, 5) is 0. The van der Waals surface area contributed by atoms with E-state index in [1.165, 1.54) is 51.0 Å². The molecule has 0 aliphatic heterocycles. The SMILES string of the molecule is CCOC(CCCCC/C=C\CCCc1cccc([P+](Cl)(c2ccccc2C)c2ccccc2C)c1C)OCC. The largest absolute Gasteiger partial charge is 0.353 e. The van der Waals surface area contributed by atoms with Crippen LogP contribution >= 0.6 is 17.9 Å². The molecule has 0 aromatic heterocycles. The van der Waals surface area contributed by atoms with Gasteiger partial charge in [-0.1, -0.05) is 67.1 Å². The van der Waals surface area contributed by atoms with Gasteiger partial charge in [0.15, 0.2) is 6.29 Å². The third kappa shape index (κ3) is 8.77. The van der Waals surface area contributed by atoms with Crippen LogP contribution in [0.2, 0.25) is 0 Å². The van der Waals surface area contributed by atoms with E-state index < -0.39 is 6.62 Å². The Morgan fingerprint density at radius 1 is 0.675 bits per heavy atom. The van der Waals surface area contributed by atoms with Gasteiger partial charge >= 0.3 is 0 Å². The van der Waals surface area contributed by atoms with E-state index in [0.717, 1.165) is 38.5 Å². The van der Waals surface area contributed by atoms with Crippen molar-refractivity contribution in [1.29, 1.82) is 0 Å². The molecule has 0 saturated carbocycles. The Kier molecular flexibility index (Phi) is 13.9. The summed E-state index contributed by atoms with van der Waals surface area (Å²) in [5.41, 5.74) is 5.27. The number of aryl methyl sites for hydroxylation is 3. The number of unbranched alkanes of at least 4 members (excludes halogenated alkanes) is 4. The first-order valence-electron chi connectivity index (χ1n) is 15.1. The van der Waals surface area contributed by atoms with Crippen molar-refractivity contribution in [1.82, 2.24) is 0 Å². The van der Waals surface area contributed by atoms with Gasteiger partial charge in [-0.3, -0.25) is 0 Å². The lowest BCUT2D eigenvalue weighted by Crippen LogP contribution is -2.32. The van der Waals surface area contributed by atoms with Gasteiger partial charge in [-0.05, 0) is 120 Å². The lowest BCUT2D eigenvalue weighted by Gasteiger charge is -2.24. The molecule has 40 heavy (non-hydrogen) atoms. The minimum absolute atomic E-state index is 0.0352. The summed E-state index contributed by atoms with van der Waals surface area (Å²) in [5.74, 6) is 0. The van der Waals surface area contributed by atoms with E-state index in [9.17, 15) is 0 Å². The molecular weight excluding hydrogens is 531 g/mol. The fourth-order valence-corrected chi connectivity index (χ4v) is 10.5. The highest BCUT2D eigenvalue weighted by Crippen LogP contribution is 2.62. The second-order valence-electron chi connectivity index (χ2n) is 10.6. The second kappa shape index (κ2) is 17.1. The molecule has 0 heterocycles. The molecular formula is C36H49ClO2P+. The van der Waals surface area contributed by atoms with Crippen LogP contribution in [0.5, 0.6) is 0 Å². The summed E-state index contributed by atoms with van der Waals surface area (Å²) < 4.78 is 11.3. The highest BCUT2D eigenvalue weighted by Gasteiger charge is 2.48. The Hall–Kier alpha value is -1.96. The summed E-state index contributed by atoms with van der Waals surface area (Å²) >= 11 is 7.89. The Morgan fingerprint density at radius 2 is 1.23 bits per heavy atom. The van der Waals surface area contributed by atoms with Gasteiger partial charge in [0, 0.05) is 13.2 Å². The topological polar surface area (TPSA) is 18.5 Å². The highest BCUT2D eigenvalue weighted by molar-refractivity contribution is 8.15. The minimum Gasteiger partial charge on any atom is -0.353 e. The Bertz CT molecular complexity index is 1150. The number of allylic oxidation sites excluding steroid dienone is 2. The number of benzene rings is 3.